The van der Waals surface area contributed by atoms with E-state index in [0.29, 0.717) is 6.54 Å². The van der Waals surface area contributed by atoms with Crippen molar-refractivity contribution in [1.29, 1.82) is 0 Å². The van der Waals surface area contributed by atoms with E-state index in [2.05, 4.69) is 15.6 Å². The first-order valence-electron chi connectivity index (χ1n) is 6.13. The smallest absolute Gasteiger partial charge is 0.240 e. The van der Waals surface area contributed by atoms with Gasteiger partial charge in [0, 0.05) is 31.2 Å². The molecule has 1 aliphatic rings. The summed E-state index contributed by atoms with van der Waals surface area (Å²) < 4.78 is 2.04. The summed E-state index contributed by atoms with van der Waals surface area (Å²) in [4.78, 5) is 16.3. The number of hydrogen-bond acceptors (Lipinski definition) is 3. The molecule has 2 rings (SSSR count). The summed E-state index contributed by atoms with van der Waals surface area (Å²) >= 11 is 0. The van der Waals surface area contributed by atoms with Gasteiger partial charge in [-0.05, 0) is 20.8 Å². The molecule has 0 bridgehead atoms. The molecule has 5 heteroatoms. The Morgan fingerprint density at radius 2 is 2.35 bits per heavy atom. The summed E-state index contributed by atoms with van der Waals surface area (Å²) in [5, 5.41) is 6.20. The SMILES string of the molecule is Cc1nc2c(n1CC(=O)NC(C)C)CCNC2. The van der Waals surface area contributed by atoms with Crippen LogP contribution >= 0.6 is 0 Å². The molecule has 1 amide bonds. The van der Waals surface area contributed by atoms with Gasteiger partial charge in [0.1, 0.15) is 12.4 Å². The fraction of sp³-hybridized carbons (Fsp3) is 0.667. The van der Waals surface area contributed by atoms with Crippen LogP contribution in [0.1, 0.15) is 31.1 Å². The normalized spacial score (nSPS) is 14.8. The number of carbonyl (C=O) groups excluding carboxylic acids is 1. The van der Waals surface area contributed by atoms with Crippen LogP contribution in [0, 0.1) is 6.92 Å². The summed E-state index contributed by atoms with van der Waals surface area (Å²) in [6, 6.07) is 0.184. The lowest BCUT2D eigenvalue weighted by Gasteiger charge is -2.16. The molecule has 17 heavy (non-hydrogen) atoms. The zero-order valence-electron chi connectivity index (χ0n) is 10.7. The highest BCUT2D eigenvalue weighted by Crippen LogP contribution is 2.15. The highest BCUT2D eigenvalue weighted by molar-refractivity contribution is 5.76. The van der Waals surface area contributed by atoms with E-state index in [1.54, 1.807) is 0 Å². The van der Waals surface area contributed by atoms with Crippen LogP contribution in [-0.2, 0) is 24.3 Å². The number of aryl methyl sites for hydroxylation is 1. The molecule has 0 saturated heterocycles. The van der Waals surface area contributed by atoms with Crippen LogP contribution < -0.4 is 10.6 Å². The van der Waals surface area contributed by atoms with Crippen molar-refractivity contribution in [3.8, 4) is 0 Å². The zero-order chi connectivity index (χ0) is 12.4. The molecule has 0 saturated carbocycles. The summed E-state index contributed by atoms with van der Waals surface area (Å²) in [7, 11) is 0. The van der Waals surface area contributed by atoms with E-state index in [1.807, 2.05) is 25.3 Å². The second kappa shape index (κ2) is 4.87. The molecule has 0 aromatic carbocycles. The van der Waals surface area contributed by atoms with Crippen molar-refractivity contribution in [2.75, 3.05) is 6.54 Å². The molecule has 0 radical (unpaired) electrons. The van der Waals surface area contributed by atoms with Crippen molar-refractivity contribution >= 4 is 5.91 Å². The summed E-state index contributed by atoms with van der Waals surface area (Å²) in [5.74, 6) is 0.986. The van der Waals surface area contributed by atoms with Gasteiger partial charge < -0.3 is 15.2 Å². The van der Waals surface area contributed by atoms with Crippen molar-refractivity contribution in [2.45, 2.75) is 46.3 Å². The third-order valence-electron chi connectivity index (χ3n) is 2.93. The molecular formula is C12H20N4O. The highest BCUT2D eigenvalue weighted by atomic mass is 16.2. The quantitative estimate of drug-likeness (QED) is 0.797. The van der Waals surface area contributed by atoms with Crippen LogP contribution in [0.25, 0.3) is 0 Å². The molecule has 0 unspecified atom stereocenters. The van der Waals surface area contributed by atoms with E-state index >= 15 is 0 Å². The van der Waals surface area contributed by atoms with Gasteiger partial charge in [-0.2, -0.15) is 0 Å². The van der Waals surface area contributed by atoms with Crippen LogP contribution in [0.4, 0.5) is 0 Å². The Morgan fingerprint density at radius 3 is 3.06 bits per heavy atom. The molecule has 2 N–H and O–H groups in total. The van der Waals surface area contributed by atoms with Crippen LogP contribution in [0.2, 0.25) is 0 Å². The standard InChI is InChI=1S/C12H20N4O/c1-8(2)14-12(17)7-16-9(3)15-10-6-13-5-4-11(10)16/h8,13H,4-7H2,1-3H3,(H,14,17). The van der Waals surface area contributed by atoms with Crippen LogP contribution in [-0.4, -0.2) is 28.0 Å². The number of amides is 1. The first kappa shape index (κ1) is 12.1. The third kappa shape index (κ3) is 2.66. The molecule has 0 spiro atoms. The Kier molecular flexibility index (Phi) is 3.47. The number of rotatable bonds is 3. The first-order valence-corrected chi connectivity index (χ1v) is 6.13. The summed E-state index contributed by atoms with van der Waals surface area (Å²) in [6.45, 7) is 8.06. The number of aromatic nitrogens is 2. The Hall–Kier alpha value is -1.36. The maximum Gasteiger partial charge on any atom is 0.240 e. The van der Waals surface area contributed by atoms with Crippen molar-refractivity contribution in [1.82, 2.24) is 20.2 Å². The van der Waals surface area contributed by atoms with Crippen LogP contribution in [0.15, 0.2) is 0 Å². The van der Waals surface area contributed by atoms with Crippen molar-refractivity contribution in [3.63, 3.8) is 0 Å². The Bertz CT molecular complexity index is 422. The number of hydrogen-bond donors (Lipinski definition) is 2. The molecule has 0 aliphatic carbocycles. The Balaban J connectivity index is 2.15. The molecule has 0 atom stereocenters. The molecule has 1 aliphatic heterocycles. The van der Waals surface area contributed by atoms with Gasteiger partial charge in [-0.25, -0.2) is 4.98 Å². The lowest BCUT2D eigenvalue weighted by molar-refractivity contribution is -0.122. The lowest BCUT2D eigenvalue weighted by atomic mass is 10.2. The largest absolute Gasteiger partial charge is 0.352 e. The first-order chi connectivity index (χ1) is 8.08. The lowest BCUT2D eigenvalue weighted by Crippen LogP contribution is -2.34. The fourth-order valence-electron chi connectivity index (χ4n) is 2.23. The van der Waals surface area contributed by atoms with Gasteiger partial charge in [0.05, 0.1) is 5.69 Å². The maximum atomic E-state index is 11.8. The number of carbonyl (C=O) groups is 1. The van der Waals surface area contributed by atoms with Crippen molar-refractivity contribution < 1.29 is 4.79 Å². The number of fused-ring (bicyclic) bond motifs is 1. The molecule has 1 aromatic rings. The van der Waals surface area contributed by atoms with Gasteiger partial charge in [-0.1, -0.05) is 0 Å². The van der Waals surface area contributed by atoms with Crippen molar-refractivity contribution in [3.05, 3.63) is 17.2 Å². The number of nitrogens with zero attached hydrogens (tertiary/aromatic N) is 2. The van der Waals surface area contributed by atoms with E-state index in [1.165, 1.54) is 5.69 Å². The van der Waals surface area contributed by atoms with Gasteiger partial charge in [-0.3, -0.25) is 4.79 Å². The molecular weight excluding hydrogens is 216 g/mol. The van der Waals surface area contributed by atoms with Gasteiger partial charge in [0.2, 0.25) is 5.91 Å². The summed E-state index contributed by atoms with van der Waals surface area (Å²) in [5.41, 5.74) is 2.30. The second-order valence-electron chi connectivity index (χ2n) is 4.79. The topological polar surface area (TPSA) is 59.0 Å². The average molecular weight is 236 g/mol. The Labute approximate surface area is 102 Å². The molecule has 1 aromatic heterocycles. The predicted molar refractivity (Wildman–Crippen MR) is 65.7 cm³/mol. The minimum Gasteiger partial charge on any atom is -0.352 e. The van der Waals surface area contributed by atoms with E-state index < -0.39 is 0 Å². The van der Waals surface area contributed by atoms with Gasteiger partial charge >= 0.3 is 0 Å². The third-order valence-corrected chi connectivity index (χ3v) is 2.93. The molecule has 5 nitrogen and oxygen atoms in total. The zero-order valence-corrected chi connectivity index (χ0v) is 10.7. The maximum absolute atomic E-state index is 11.8. The second-order valence-corrected chi connectivity index (χ2v) is 4.79. The van der Waals surface area contributed by atoms with E-state index in [0.717, 1.165) is 31.0 Å². The summed E-state index contributed by atoms with van der Waals surface area (Å²) in [6.07, 6.45) is 0.950. The number of nitrogens with one attached hydrogen (secondary N) is 2. The highest BCUT2D eigenvalue weighted by Gasteiger charge is 2.19. The molecule has 94 valence electrons. The van der Waals surface area contributed by atoms with E-state index in [-0.39, 0.29) is 11.9 Å². The monoisotopic (exact) mass is 236 g/mol. The van der Waals surface area contributed by atoms with Gasteiger partial charge in [-0.15, -0.1) is 0 Å². The van der Waals surface area contributed by atoms with Gasteiger partial charge in [0.25, 0.3) is 0 Å². The van der Waals surface area contributed by atoms with Gasteiger partial charge in [0.15, 0.2) is 0 Å². The number of imidazole rings is 1. The van der Waals surface area contributed by atoms with Crippen molar-refractivity contribution in [2.24, 2.45) is 0 Å². The van der Waals surface area contributed by atoms with E-state index in [9.17, 15) is 4.79 Å². The van der Waals surface area contributed by atoms with Crippen LogP contribution in [0.3, 0.4) is 0 Å². The fourth-order valence-corrected chi connectivity index (χ4v) is 2.23. The van der Waals surface area contributed by atoms with E-state index in [4.69, 9.17) is 0 Å². The molecule has 2 heterocycles. The predicted octanol–water partition coefficient (Wildman–Crippen LogP) is 0.362. The Morgan fingerprint density at radius 1 is 1.59 bits per heavy atom. The minimum atomic E-state index is 0.0573. The average Bonchev–Trinajstić information content (AvgIpc) is 2.55. The molecule has 0 fully saturated rings. The minimum absolute atomic E-state index is 0.0573. The van der Waals surface area contributed by atoms with Crippen LogP contribution in [0.5, 0.6) is 0 Å².